The summed E-state index contributed by atoms with van der Waals surface area (Å²) in [4.78, 5) is 10.5. The van der Waals surface area contributed by atoms with Crippen LogP contribution in [0.15, 0.2) is 55.1 Å². The van der Waals surface area contributed by atoms with Crippen molar-refractivity contribution in [3.05, 3.63) is 71.8 Å². The van der Waals surface area contributed by atoms with E-state index in [2.05, 4.69) is 12.6 Å². The second-order valence-electron chi connectivity index (χ2n) is 4.98. The van der Waals surface area contributed by atoms with Crippen molar-refractivity contribution in [2.24, 2.45) is 0 Å². The second kappa shape index (κ2) is 7.81. The minimum absolute atomic E-state index is 0.0698. The van der Waals surface area contributed by atoms with Crippen LogP contribution in [0.25, 0.3) is 5.57 Å². The molecule has 2 rings (SSSR count). The quantitative estimate of drug-likeness (QED) is 0.788. The van der Waals surface area contributed by atoms with Gasteiger partial charge in [0.1, 0.15) is 5.75 Å². The van der Waals surface area contributed by atoms with Crippen LogP contribution in [0.2, 0.25) is 0 Å². The fourth-order valence-corrected chi connectivity index (χ4v) is 2.24. The number of para-hydroxylation sites is 1. The zero-order valence-electron chi connectivity index (χ0n) is 12.7. The van der Waals surface area contributed by atoms with E-state index in [9.17, 15) is 10.1 Å². The van der Waals surface area contributed by atoms with Crippen molar-refractivity contribution in [1.82, 2.24) is 0 Å². The van der Waals surface area contributed by atoms with Crippen LogP contribution in [-0.2, 0) is 4.79 Å². The minimum atomic E-state index is -0.839. The summed E-state index contributed by atoms with van der Waals surface area (Å²) in [5, 5.41) is 17.9. The molecule has 0 heterocycles. The molecule has 0 aliphatic carbocycles. The molecule has 0 saturated heterocycles. The lowest BCUT2D eigenvalue weighted by molar-refractivity contribution is -0.137. The lowest BCUT2D eigenvalue weighted by Gasteiger charge is -2.14. The number of aliphatic carboxylic acids is 1. The van der Waals surface area contributed by atoms with Gasteiger partial charge in [-0.05, 0) is 29.7 Å². The van der Waals surface area contributed by atoms with Crippen molar-refractivity contribution in [3.8, 4) is 11.8 Å². The monoisotopic (exact) mass is 307 g/mol. The van der Waals surface area contributed by atoms with Gasteiger partial charge in [-0.2, -0.15) is 5.26 Å². The number of carboxylic acid groups (broad SMARTS) is 1. The molecule has 0 aliphatic rings. The van der Waals surface area contributed by atoms with Crippen molar-refractivity contribution in [3.63, 3.8) is 0 Å². The van der Waals surface area contributed by atoms with E-state index >= 15 is 0 Å². The van der Waals surface area contributed by atoms with Gasteiger partial charge in [-0.1, -0.05) is 43.0 Å². The van der Waals surface area contributed by atoms with Crippen LogP contribution in [0.5, 0.6) is 5.75 Å². The molecule has 0 atom stereocenters. The molecule has 0 radical (unpaired) electrons. The molecule has 0 aromatic heterocycles. The maximum absolute atomic E-state index is 10.5. The Balaban J connectivity index is 2.21. The van der Waals surface area contributed by atoms with E-state index < -0.39 is 5.97 Å². The van der Waals surface area contributed by atoms with E-state index in [-0.39, 0.29) is 6.42 Å². The van der Waals surface area contributed by atoms with Gasteiger partial charge in [0.25, 0.3) is 0 Å². The molecule has 0 unspecified atom stereocenters. The molecule has 2 aromatic rings. The van der Waals surface area contributed by atoms with Gasteiger partial charge in [0.15, 0.2) is 0 Å². The van der Waals surface area contributed by atoms with Crippen LogP contribution in [0.4, 0.5) is 0 Å². The van der Waals surface area contributed by atoms with Crippen LogP contribution in [0, 0.1) is 11.3 Å². The molecule has 2 aromatic carbocycles. The van der Waals surface area contributed by atoms with Crippen molar-refractivity contribution in [2.45, 2.75) is 12.8 Å². The highest BCUT2D eigenvalue weighted by Gasteiger charge is 2.12. The van der Waals surface area contributed by atoms with Crippen LogP contribution in [0.1, 0.15) is 29.5 Å². The topological polar surface area (TPSA) is 70.3 Å². The van der Waals surface area contributed by atoms with Gasteiger partial charge in [-0.25, -0.2) is 0 Å². The number of hydrogen-bond donors (Lipinski definition) is 1. The van der Waals surface area contributed by atoms with Gasteiger partial charge in [0.2, 0.25) is 0 Å². The Hall–Kier alpha value is -3.06. The van der Waals surface area contributed by atoms with E-state index in [4.69, 9.17) is 9.84 Å². The van der Waals surface area contributed by atoms with E-state index in [1.807, 2.05) is 42.5 Å². The molecule has 4 nitrogen and oxygen atoms in total. The number of carboxylic acids is 1. The molecule has 1 N–H and O–H groups in total. The Morgan fingerprint density at radius 2 is 1.78 bits per heavy atom. The van der Waals surface area contributed by atoms with Gasteiger partial charge in [-0.15, -0.1) is 0 Å². The number of hydrogen-bond acceptors (Lipinski definition) is 3. The van der Waals surface area contributed by atoms with Crippen LogP contribution >= 0.6 is 0 Å². The lowest BCUT2D eigenvalue weighted by atomic mass is 9.95. The summed E-state index contributed by atoms with van der Waals surface area (Å²) >= 11 is 0. The second-order valence-corrected chi connectivity index (χ2v) is 4.98. The molecule has 0 fully saturated rings. The summed E-state index contributed by atoms with van der Waals surface area (Å²) in [7, 11) is 0. The third kappa shape index (κ3) is 4.21. The molecule has 4 heteroatoms. The summed E-state index contributed by atoms with van der Waals surface area (Å²) in [6.45, 7) is 4.41. The summed E-state index contributed by atoms with van der Waals surface area (Å²) in [6.07, 6.45) is 0.505. The molecule has 0 aliphatic heterocycles. The Kier molecular flexibility index (Phi) is 5.54. The maximum Gasteiger partial charge on any atom is 0.303 e. The first-order chi connectivity index (χ1) is 11.1. The Morgan fingerprint density at radius 1 is 1.13 bits per heavy atom. The van der Waals surface area contributed by atoms with Crippen LogP contribution in [0.3, 0.4) is 0 Å². The number of nitriles is 1. The average molecular weight is 307 g/mol. The summed E-state index contributed by atoms with van der Waals surface area (Å²) in [6, 6.07) is 16.8. The fraction of sp³-hybridized carbons (Fsp3) is 0.158. The highest BCUT2D eigenvalue weighted by Crippen LogP contribution is 2.31. The standard InChI is InChI=1S/C19H17NO3/c1-14(16-8-3-2-7-15(16)13-20)17-9-4-5-10-18(17)23-12-6-11-19(21)22/h2-5,7-10H,1,6,11-12H2,(H,21,22). The number of ether oxygens (including phenoxy) is 1. The van der Waals surface area contributed by atoms with E-state index in [1.54, 1.807) is 6.07 Å². The predicted octanol–water partition coefficient (Wildman–Crippen LogP) is 3.86. The van der Waals surface area contributed by atoms with Crippen molar-refractivity contribution in [1.29, 1.82) is 5.26 Å². The van der Waals surface area contributed by atoms with Gasteiger partial charge < -0.3 is 9.84 Å². The molecule has 0 spiro atoms. The number of nitrogens with zero attached hydrogens (tertiary/aromatic N) is 1. The SMILES string of the molecule is C=C(c1ccccc1C#N)c1ccccc1OCCCC(=O)O. The zero-order valence-corrected chi connectivity index (χ0v) is 12.7. The van der Waals surface area contributed by atoms with E-state index in [1.165, 1.54) is 0 Å². The number of rotatable bonds is 7. The molecule has 0 bridgehead atoms. The number of carbonyl (C=O) groups is 1. The van der Waals surface area contributed by atoms with E-state index in [0.717, 1.165) is 11.1 Å². The maximum atomic E-state index is 10.5. The first-order valence-electron chi connectivity index (χ1n) is 7.26. The largest absolute Gasteiger partial charge is 0.493 e. The molecule has 23 heavy (non-hydrogen) atoms. The first-order valence-corrected chi connectivity index (χ1v) is 7.26. The predicted molar refractivity (Wildman–Crippen MR) is 88.1 cm³/mol. The van der Waals surface area contributed by atoms with Gasteiger partial charge in [-0.3, -0.25) is 4.79 Å². The molecular weight excluding hydrogens is 290 g/mol. The first kappa shape index (κ1) is 16.3. The molecular formula is C19H17NO3. The van der Waals surface area contributed by atoms with Crippen LogP contribution in [-0.4, -0.2) is 17.7 Å². The zero-order chi connectivity index (χ0) is 16.7. The van der Waals surface area contributed by atoms with Gasteiger partial charge in [0.05, 0.1) is 18.2 Å². The normalized spacial score (nSPS) is 9.87. The third-order valence-electron chi connectivity index (χ3n) is 3.38. The van der Waals surface area contributed by atoms with Crippen LogP contribution < -0.4 is 4.74 Å². The smallest absolute Gasteiger partial charge is 0.303 e. The summed E-state index contributed by atoms with van der Waals surface area (Å²) in [5.74, 6) is -0.204. The third-order valence-corrected chi connectivity index (χ3v) is 3.38. The summed E-state index contributed by atoms with van der Waals surface area (Å²) < 4.78 is 5.70. The molecule has 0 amide bonds. The lowest BCUT2D eigenvalue weighted by Crippen LogP contribution is -2.03. The minimum Gasteiger partial charge on any atom is -0.493 e. The van der Waals surface area contributed by atoms with Gasteiger partial charge in [0, 0.05) is 12.0 Å². The Labute approximate surface area is 135 Å². The Morgan fingerprint density at radius 3 is 2.48 bits per heavy atom. The van der Waals surface area contributed by atoms with Crippen molar-refractivity contribution in [2.75, 3.05) is 6.61 Å². The molecule has 116 valence electrons. The average Bonchev–Trinajstić information content (AvgIpc) is 2.58. The fourth-order valence-electron chi connectivity index (χ4n) is 2.24. The summed E-state index contributed by atoms with van der Waals surface area (Å²) in [5.41, 5.74) is 2.82. The number of benzene rings is 2. The van der Waals surface area contributed by atoms with Crippen molar-refractivity contribution >= 4 is 11.5 Å². The Bertz CT molecular complexity index is 759. The molecule has 0 saturated carbocycles. The highest BCUT2D eigenvalue weighted by molar-refractivity contribution is 5.83. The highest BCUT2D eigenvalue weighted by atomic mass is 16.5. The van der Waals surface area contributed by atoms with Gasteiger partial charge >= 0.3 is 5.97 Å². The van der Waals surface area contributed by atoms with Crippen molar-refractivity contribution < 1.29 is 14.6 Å². The van der Waals surface area contributed by atoms with E-state index in [0.29, 0.717) is 29.9 Å².